The lowest BCUT2D eigenvalue weighted by atomic mass is 10.0. The molecule has 4 rings (SSSR count). The van der Waals surface area contributed by atoms with Gasteiger partial charge < -0.3 is 19.7 Å². The SMILES string of the molecule is COc1cccc(CN(C(=O)CCCOc2ccccc2)[C@H](Cc2ccccc2)C(=O)NC2CCCC2)c1. The minimum atomic E-state index is -0.619. The smallest absolute Gasteiger partial charge is 0.243 e. The third kappa shape index (κ3) is 8.10. The minimum absolute atomic E-state index is 0.0630. The number of amides is 2. The molecule has 0 aliphatic heterocycles. The van der Waals surface area contributed by atoms with Crippen LogP contribution in [0.5, 0.6) is 11.5 Å². The average molecular weight is 515 g/mol. The van der Waals surface area contributed by atoms with Crippen molar-refractivity contribution in [2.24, 2.45) is 0 Å². The van der Waals surface area contributed by atoms with Crippen LogP contribution in [0.15, 0.2) is 84.9 Å². The van der Waals surface area contributed by atoms with Crippen molar-refractivity contribution in [1.29, 1.82) is 0 Å². The van der Waals surface area contributed by atoms with Gasteiger partial charge in [-0.15, -0.1) is 0 Å². The fraction of sp³-hybridized carbons (Fsp3) is 0.375. The van der Waals surface area contributed by atoms with E-state index in [9.17, 15) is 9.59 Å². The van der Waals surface area contributed by atoms with Crippen LogP contribution in [0.3, 0.4) is 0 Å². The summed E-state index contributed by atoms with van der Waals surface area (Å²) in [4.78, 5) is 29.2. The van der Waals surface area contributed by atoms with Crippen LogP contribution >= 0.6 is 0 Å². The van der Waals surface area contributed by atoms with Crippen LogP contribution in [0.1, 0.15) is 49.7 Å². The number of benzene rings is 3. The molecule has 3 aromatic rings. The maximum Gasteiger partial charge on any atom is 0.243 e. The summed E-state index contributed by atoms with van der Waals surface area (Å²) >= 11 is 0. The largest absolute Gasteiger partial charge is 0.497 e. The number of hydrogen-bond donors (Lipinski definition) is 1. The quantitative estimate of drug-likeness (QED) is 0.304. The van der Waals surface area contributed by atoms with E-state index < -0.39 is 6.04 Å². The van der Waals surface area contributed by atoms with Gasteiger partial charge in [0.25, 0.3) is 0 Å². The van der Waals surface area contributed by atoms with E-state index in [4.69, 9.17) is 9.47 Å². The number of ether oxygens (including phenoxy) is 2. The number of hydrogen-bond acceptors (Lipinski definition) is 4. The zero-order chi connectivity index (χ0) is 26.6. The lowest BCUT2D eigenvalue weighted by Gasteiger charge is -2.32. The fourth-order valence-electron chi connectivity index (χ4n) is 4.96. The van der Waals surface area contributed by atoms with Gasteiger partial charge in [0, 0.05) is 25.4 Å². The minimum Gasteiger partial charge on any atom is -0.497 e. The van der Waals surface area contributed by atoms with Crippen LogP contribution in [-0.4, -0.2) is 42.5 Å². The predicted molar refractivity (Wildman–Crippen MR) is 149 cm³/mol. The zero-order valence-electron chi connectivity index (χ0n) is 22.2. The molecule has 0 unspecified atom stereocenters. The molecule has 6 heteroatoms. The molecule has 1 atom stereocenters. The Morgan fingerprint density at radius 2 is 1.55 bits per heavy atom. The van der Waals surface area contributed by atoms with E-state index in [0.29, 0.717) is 32.4 Å². The monoisotopic (exact) mass is 514 g/mol. The van der Waals surface area contributed by atoms with Crippen LogP contribution in [0, 0.1) is 0 Å². The molecule has 0 spiro atoms. The second kappa shape index (κ2) is 14.2. The highest BCUT2D eigenvalue weighted by molar-refractivity contribution is 5.88. The van der Waals surface area contributed by atoms with Crippen molar-refractivity contribution in [2.75, 3.05) is 13.7 Å². The average Bonchev–Trinajstić information content (AvgIpc) is 3.47. The highest BCUT2D eigenvalue weighted by Crippen LogP contribution is 2.22. The summed E-state index contributed by atoms with van der Waals surface area (Å²) in [6, 6.07) is 26.8. The van der Waals surface area contributed by atoms with Crippen molar-refractivity contribution >= 4 is 11.8 Å². The van der Waals surface area contributed by atoms with Crippen LogP contribution in [0.2, 0.25) is 0 Å². The maximum atomic E-state index is 13.7. The highest BCUT2D eigenvalue weighted by Gasteiger charge is 2.32. The second-order valence-electron chi connectivity index (χ2n) is 9.83. The lowest BCUT2D eigenvalue weighted by molar-refractivity contribution is -0.141. The number of para-hydroxylation sites is 1. The van der Waals surface area contributed by atoms with E-state index in [1.807, 2.05) is 84.9 Å². The first kappa shape index (κ1) is 27.2. The normalized spacial score (nSPS) is 14.0. The van der Waals surface area contributed by atoms with Gasteiger partial charge in [-0.1, -0.05) is 73.5 Å². The first-order chi connectivity index (χ1) is 18.6. The van der Waals surface area contributed by atoms with Crippen molar-refractivity contribution in [3.63, 3.8) is 0 Å². The van der Waals surface area contributed by atoms with Gasteiger partial charge in [-0.25, -0.2) is 0 Å². The number of carbonyl (C=O) groups excluding carboxylic acids is 2. The molecule has 1 saturated carbocycles. The molecule has 6 nitrogen and oxygen atoms in total. The molecule has 200 valence electrons. The Kier molecular flexibility index (Phi) is 10.2. The van der Waals surface area contributed by atoms with Crippen LogP contribution in [-0.2, 0) is 22.6 Å². The van der Waals surface area contributed by atoms with Crippen LogP contribution < -0.4 is 14.8 Å². The van der Waals surface area contributed by atoms with E-state index in [-0.39, 0.29) is 17.9 Å². The molecule has 1 fully saturated rings. The fourth-order valence-corrected chi connectivity index (χ4v) is 4.96. The van der Waals surface area contributed by atoms with Gasteiger partial charge in [0.2, 0.25) is 11.8 Å². The van der Waals surface area contributed by atoms with Crippen molar-refractivity contribution in [1.82, 2.24) is 10.2 Å². The Bertz CT molecular complexity index is 1150. The molecule has 0 aromatic heterocycles. The summed E-state index contributed by atoms with van der Waals surface area (Å²) in [5.41, 5.74) is 1.94. The molecule has 0 radical (unpaired) electrons. The number of nitrogens with zero attached hydrogens (tertiary/aromatic N) is 1. The molecule has 0 heterocycles. The highest BCUT2D eigenvalue weighted by atomic mass is 16.5. The van der Waals surface area contributed by atoms with Gasteiger partial charge in [-0.05, 0) is 54.7 Å². The van der Waals surface area contributed by atoms with E-state index >= 15 is 0 Å². The summed E-state index contributed by atoms with van der Waals surface area (Å²) in [5.74, 6) is 1.36. The third-order valence-electron chi connectivity index (χ3n) is 7.01. The van der Waals surface area contributed by atoms with Gasteiger partial charge in [0.1, 0.15) is 17.5 Å². The Balaban J connectivity index is 1.54. The van der Waals surface area contributed by atoms with Gasteiger partial charge in [-0.3, -0.25) is 9.59 Å². The number of rotatable bonds is 13. The van der Waals surface area contributed by atoms with Gasteiger partial charge in [0.05, 0.1) is 13.7 Å². The van der Waals surface area contributed by atoms with E-state index in [1.54, 1.807) is 12.0 Å². The van der Waals surface area contributed by atoms with Crippen molar-refractivity contribution in [3.8, 4) is 11.5 Å². The van der Waals surface area contributed by atoms with E-state index in [0.717, 1.165) is 48.3 Å². The first-order valence-electron chi connectivity index (χ1n) is 13.6. The standard InChI is InChI=1S/C32H38N2O4/c1-37-29-19-10-14-26(22-29)24-34(31(35)20-11-21-38-28-17-6-3-7-18-28)30(23-25-12-4-2-5-13-25)32(36)33-27-15-8-9-16-27/h2-7,10,12-14,17-19,22,27,30H,8-9,11,15-16,20-21,23-24H2,1H3,(H,33,36)/t30-/m1/s1. The van der Waals surface area contributed by atoms with E-state index in [2.05, 4.69) is 5.32 Å². The molecule has 1 aliphatic carbocycles. The molecule has 2 amide bonds. The van der Waals surface area contributed by atoms with Crippen molar-refractivity contribution in [3.05, 3.63) is 96.1 Å². The molecule has 0 saturated heterocycles. The topological polar surface area (TPSA) is 67.9 Å². The molecule has 0 bridgehead atoms. The Morgan fingerprint density at radius 1 is 0.895 bits per heavy atom. The van der Waals surface area contributed by atoms with Crippen molar-refractivity contribution in [2.45, 2.75) is 63.6 Å². The van der Waals surface area contributed by atoms with Crippen LogP contribution in [0.25, 0.3) is 0 Å². The summed E-state index contributed by atoms with van der Waals surface area (Å²) in [7, 11) is 1.63. The number of methoxy groups -OCH3 is 1. The summed E-state index contributed by atoms with van der Waals surface area (Å²) in [6.45, 7) is 0.755. The van der Waals surface area contributed by atoms with Gasteiger partial charge in [-0.2, -0.15) is 0 Å². The lowest BCUT2D eigenvalue weighted by Crippen LogP contribution is -2.52. The molecular weight excluding hydrogens is 476 g/mol. The molecule has 3 aromatic carbocycles. The predicted octanol–water partition coefficient (Wildman–Crippen LogP) is 5.55. The van der Waals surface area contributed by atoms with Crippen LogP contribution in [0.4, 0.5) is 0 Å². The molecule has 38 heavy (non-hydrogen) atoms. The first-order valence-corrected chi connectivity index (χ1v) is 13.6. The van der Waals surface area contributed by atoms with Gasteiger partial charge in [0.15, 0.2) is 0 Å². The second-order valence-corrected chi connectivity index (χ2v) is 9.83. The van der Waals surface area contributed by atoms with Gasteiger partial charge >= 0.3 is 0 Å². The molecule has 1 N–H and O–H groups in total. The zero-order valence-corrected chi connectivity index (χ0v) is 22.2. The third-order valence-corrected chi connectivity index (χ3v) is 7.01. The Labute approximate surface area is 226 Å². The maximum absolute atomic E-state index is 13.7. The van der Waals surface area contributed by atoms with E-state index in [1.165, 1.54) is 0 Å². The molecule has 1 aliphatic rings. The summed E-state index contributed by atoms with van der Waals surface area (Å²) < 4.78 is 11.2. The molecular formula is C32H38N2O4. The Morgan fingerprint density at radius 3 is 2.26 bits per heavy atom. The Hall–Kier alpha value is -3.80. The summed E-state index contributed by atoms with van der Waals surface area (Å²) in [5, 5.41) is 3.25. The van der Waals surface area contributed by atoms with Crippen molar-refractivity contribution < 1.29 is 19.1 Å². The summed E-state index contributed by atoms with van der Waals surface area (Å²) in [6.07, 6.45) is 5.54. The number of carbonyl (C=O) groups is 2. The number of nitrogens with one attached hydrogen (secondary N) is 1.